The van der Waals surface area contributed by atoms with E-state index < -0.39 is 17.9 Å². The molecule has 0 saturated carbocycles. The average Bonchev–Trinajstić information content (AvgIpc) is 3.80. The summed E-state index contributed by atoms with van der Waals surface area (Å²) in [6.45, 7) is 3.97. The molecule has 0 bridgehead atoms. The van der Waals surface area contributed by atoms with Gasteiger partial charge in [0.1, 0.15) is 34.6 Å². The van der Waals surface area contributed by atoms with Crippen LogP contribution < -0.4 is 21.1 Å². The summed E-state index contributed by atoms with van der Waals surface area (Å²) in [6.07, 6.45) is 3.60. The molecule has 2 fully saturated rings. The van der Waals surface area contributed by atoms with Gasteiger partial charge in [0, 0.05) is 47.8 Å². The number of imide groups is 1. The molecular formula is C45H45N7O5S. The molecule has 4 aliphatic rings. The van der Waals surface area contributed by atoms with Gasteiger partial charge in [0.2, 0.25) is 11.8 Å². The highest BCUT2D eigenvalue weighted by molar-refractivity contribution is 7.98. The SMILES string of the molecule is NC(=O)c1c(-c2ccc(Oc3ccccc3)cc2)nn2c1NCCC2C1CCN(Cc2ccc(CSc3cccc4c3CN(C3CCC(=O)NC3=O)C4=O)cc2)CC1. The normalized spacial score (nSPS) is 19.7. The first-order valence-electron chi connectivity index (χ1n) is 20.0. The number of para-hydroxylation sites is 1. The predicted octanol–water partition coefficient (Wildman–Crippen LogP) is 6.76. The number of rotatable bonds is 11. The van der Waals surface area contributed by atoms with Gasteiger partial charge in [0.25, 0.3) is 11.8 Å². The number of benzene rings is 4. The van der Waals surface area contributed by atoms with Crippen molar-refractivity contribution in [1.29, 1.82) is 0 Å². The van der Waals surface area contributed by atoms with Gasteiger partial charge in [-0.25, -0.2) is 4.68 Å². The molecule has 5 heterocycles. The van der Waals surface area contributed by atoms with Crippen LogP contribution >= 0.6 is 11.8 Å². The molecule has 296 valence electrons. The van der Waals surface area contributed by atoms with Gasteiger partial charge in [-0.05, 0) is 110 Å². The van der Waals surface area contributed by atoms with Gasteiger partial charge >= 0.3 is 0 Å². The van der Waals surface area contributed by atoms with Crippen molar-refractivity contribution < 1.29 is 23.9 Å². The maximum atomic E-state index is 13.3. The Bertz CT molecular complexity index is 2360. The number of hydrogen-bond acceptors (Lipinski definition) is 9. The van der Waals surface area contributed by atoms with Crippen LogP contribution in [-0.2, 0) is 28.4 Å². The number of primary amides is 1. The minimum Gasteiger partial charge on any atom is -0.457 e. The van der Waals surface area contributed by atoms with E-state index in [0.717, 1.165) is 73.0 Å². The van der Waals surface area contributed by atoms with Crippen molar-refractivity contribution in [3.63, 3.8) is 0 Å². The van der Waals surface area contributed by atoms with Gasteiger partial charge in [-0.1, -0.05) is 48.5 Å². The third-order valence-electron chi connectivity index (χ3n) is 11.8. The van der Waals surface area contributed by atoms with Gasteiger partial charge < -0.3 is 20.7 Å². The Kier molecular flexibility index (Phi) is 10.5. The van der Waals surface area contributed by atoms with E-state index >= 15 is 0 Å². The van der Waals surface area contributed by atoms with Crippen molar-refractivity contribution in [1.82, 2.24) is 24.9 Å². The molecule has 0 spiro atoms. The van der Waals surface area contributed by atoms with E-state index in [-0.39, 0.29) is 24.3 Å². The Balaban J connectivity index is 0.801. The minimum atomic E-state index is -0.621. The fourth-order valence-corrected chi connectivity index (χ4v) is 9.87. The number of nitrogens with two attached hydrogens (primary N) is 1. The highest BCUT2D eigenvalue weighted by Crippen LogP contribution is 2.41. The van der Waals surface area contributed by atoms with Crippen LogP contribution in [0.1, 0.15) is 75.6 Å². The summed E-state index contributed by atoms with van der Waals surface area (Å²) in [5, 5.41) is 10.9. The second-order valence-corrected chi connectivity index (χ2v) is 16.5. The molecule has 4 N–H and O–H groups in total. The molecule has 5 aromatic rings. The van der Waals surface area contributed by atoms with Crippen LogP contribution in [0.5, 0.6) is 11.5 Å². The lowest BCUT2D eigenvalue weighted by Gasteiger charge is -2.38. The number of carbonyl (C=O) groups is 4. The fraction of sp³-hybridized carbons (Fsp3) is 0.311. The monoisotopic (exact) mass is 795 g/mol. The summed E-state index contributed by atoms with van der Waals surface area (Å²) in [5.74, 6) is 2.02. The Hall–Kier alpha value is -5.92. The molecule has 12 nitrogen and oxygen atoms in total. The molecule has 9 rings (SSSR count). The first kappa shape index (κ1) is 37.6. The highest BCUT2D eigenvalue weighted by atomic mass is 32.2. The Morgan fingerprint density at radius 3 is 2.33 bits per heavy atom. The van der Waals surface area contributed by atoms with Crippen molar-refractivity contribution in [2.24, 2.45) is 11.7 Å². The molecule has 4 aromatic carbocycles. The van der Waals surface area contributed by atoms with Crippen LogP contribution in [0.25, 0.3) is 11.3 Å². The van der Waals surface area contributed by atoms with Crippen LogP contribution in [0.3, 0.4) is 0 Å². The number of piperidine rings is 2. The van der Waals surface area contributed by atoms with Crippen molar-refractivity contribution >= 4 is 41.2 Å². The molecule has 2 saturated heterocycles. The first-order chi connectivity index (χ1) is 28.3. The number of carbonyl (C=O) groups excluding carboxylic acids is 4. The van der Waals surface area contributed by atoms with Crippen LogP contribution in [0.15, 0.2) is 102 Å². The number of fused-ring (bicyclic) bond motifs is 2. The van der Waals surface area contributed by atoms with Gasteiger partial charge in [-0.2, -0.15) is 5.10 Å². The van der Waals surface area contributed by atoms with Crippen LogP contribution in [0.4, 0.5) is 5.82 Å². The summed E-state index contributed by atoms with van der Waals surface area (Å²) in [4.78, 5) is 55.5. The average molecular weight is 796 g/mol. The van der Waals surface area contributed by atoms with Crippen molar-refractivity contribution in [2.75, 3.05) is 25.0 Å². The molecule has 4 amide bonds. The predicted molar refractivity (Wildman–Crippen MR) is 221 cm³/mol. The fourth-order valence-electron chi connectivity index (χ4n) is 8.83. The number of nitrogens with zero attached hydrogens (tertiary/aromatic N) is 4. The van der Waals surface area contributed by atoms with Crippen molar-refractivity contribution in [2.45, 2.75) is 67.9 Å². The Morgan fingerprint density at radius 2 is 1.59 bits per heavy atom. The molecule has 0 radical (unpaired) electrons. The maximum absolute atomic E-state index is 13.3. The van der Waals surface area contributed by atoms with E-state index in [9.17, 15) is 19.2 Å². The topological polar surface area (TPSA) is 152 Å². The number of ether oxygens (including phenoxy) is 1. The zero-order chi connectivity index (χ0) is 39.8. The highest BCUT2D eigenvalue weighted by Gasteiger charge is 2.40. The number of likely N-dealkylation sites (tertiary alicyclic amines) is 1. The molecule has 1 aromatic heterocycles. The molecule has 2 atom stereocenters. The molecule has 2 unspecified atom stereocenters. The third kappa shape index (κ3) is 7.59. The second-order valence-electron chi connectivity index (χ2n) is 15.5. The lowest BCUT2D eigenvalue weighted by Crippen LogP contribution is -2.52. The van der Waals surface area contributed by atoms with E-state index in [1.165, 1.54) is 11.1 Å². The van der Waals surface area contributed by atoms with E-state index in [2.05, 4.69) is 39.8 Å². The number of amides is 4. The van der Waals surface area contributed by atoms with E-state index in [1.807, 2.05) is 77.5 Å². The zero-order valence-corrected chi connectivity index (χ0v) is 32.9. The van der Waals surface area contributed by atoms with Gasteiger partial charge in [0.15, 0.2) is 0 Å². The summed E-state index contributed by atoms with van der Waals surface area (Å²) in [5.41, 5.74) is 11.9. The Labute approximate surface area is 341 Å². The second kappa shape index (κ2) is 16.1. The number of nitrogens with one attached hydrogen (secondary N) is 2. The number of hydrogen-bond donors (Lipinski definition) is 3. The Morgan fingerprint density at radius 1 is 0.845 bits per heavy atom. The van der Waals surface area contributed by atoms with Crippen molar-refractivity contribution in [3.8, 4) is 22.8 Å². The van der Waals surface area contributed by atoms with Crippen LogP contribution in [0, 0.1) is 5.92 Å². The van der Waals surface area contributed by atoms with Crippen molar-refractivity contribution in [3.05, 3.63) is 125 Å². The quantitative estimate of drug-likeness (QED) is 0.0973. The summed E-state index contributed by atoms with van der Waals surface area (Å²) < 4.78 is 8.01. The van der Waals surface area contributed by atoms with E-state index in [0.29, 0.717) is 47.3 Å². The largest absolute Gasteiger partial charge is 0.457 e. The standard InChI is InChI=1S/C45H45N7O5S/c46-42(54)40-41(31-13-15-33(16-14-31)57-32-5-2-1-3-6-32)49-52-36(19-22-47-43(40)52)30-20-23-50(24-21-30)25-28-9-11-29(12-10-28)27-58-38-8-4-7-34-35(38)26-51(45(34)56)37-17-18-39(53)48-44(37)55/h1-16,30,36-37,47H,17-27H2,(H2,46,54)(H,48,53,55). The summed E-state index contributed by atoms with van der Waals surface area (Å²) >= 11 is 1.70. The number of thioether (sulfide) groups is 1. The van der Waals surface area contributed by atoms with Crippen LogP contribution in [-0.4, -0.2) is 68.9 Å². The molecule has 0 aliphatic carbocycles. The zero-order valence-electron chi connectivity index (χ0n) is 32.1. The lowest BCUT2D eigenvalue weighted by molar-refractivity contribution is -0.136. The molecular weight excluding hydrogens is 751 g/mol. The molecule has 4 aliphatic heterocycles. The van der Waals surface area contributed by atoms with E-state index in [1.54, 1.807) is 16.7 Å². The van der Waals surface area contributed by atoms with E-state index in [4.69, 9.17) is 15.6 Å². The van der Waals surface area contributed by atoms with Gasteiger partial charge in [-0.3, -0.25) is 29.4 Å². The lowest BCUT2D eigenvalue weighted by atomic mass is 9.86. The van der Waals surface area contributed by atoms with Crippen LogP contribution in [0.2, 0.25) is 0 Å². The first-order valence-corrected chi connectivity index (χ1v) is 21.0. The van der Waals surface area contributed by atoms with Gasteiger partial charge in [0.05, 0.1) is 6.04 Å². The maximum Gasteiger partial charge on any atom is 0.255 e. The smallest absolute Gasteiger partial charge is 0.255 e. The number of aromatic nitrogens is 2. The van der Waals surface area contributed by atoms with Gasteiger partial charge in [-0.15, -0.1) is 11.8 Å². The summed E-state index contributed by atoms with van der Waals surface area (Å²) in [6, 6.07) is 31.4. The minimum absolute atomic E-state index is 0.152. The summed E-state index contributed by atoms with van der Waals surface area (Å²) in [7, 11) is 0. The number of anilines is 1. The molecule has 58 heavy (non-hydrogen) atoms. The molecule has 13 heteroatoms. The third-order valence-corrected chi connectivity index (χ3v) is 13.0.